The zero-order chi connectivity index (χ0) is 13.9. The first-order chi connectivity index (χ1) is 9.70. The van der Waals surface area contributed by atoms with Crippen LogP contribution in [0.15, 0.2) is 18.2 Å². The fourth-order valence-electron chi connectivity index (χ4n) is 2.65. The molecule has 0 saturated heterocycles. The Labute approximate surface area is 117 Å². The Hall–Kier alpha value is -2.17. The molecule has 1 heterocycles. The molecule has 3 rings (SSSR count). The Kier molecular flexibility index (Phi) is 3.50. The molecule has 2 N–H and O–H groups in total. The molecule has 0 fully saturated rings. The van der Waals surface area contributed by atoms with E-state index in [-0.39, 0.29) is 5.91 Å². The zero-order valence-electron chi connectivity index (χ0n) is 11.6. The van der Waals surface area contributed by atoms with Crippen LogP contribution in [0.2, 0.25) is 0 Å². The third kappa shape index (κ3) is 2.87. The number of nitrogens with one attached hydrogen (secondary N) is 2. The van der Waals surface area contributed by atoms with E-state index in [9.17, 15) is 4.79 Å². The molecule has 0 unspecified atom stereocenters. The monoisotopic (exact) mass is 270 g/mol. The number of aromatic nitrogens is 3. The van der Waals surface area contributed by atoms with Crippen molar-refractivity contribution in [1.29, 1.82) is 0 Å². The molecule has 104 valence electrons. The van der Waals surface area contributed by atoms with Crippen LogP contribution in [0.3, 0.4) is 0 Å². The Balaban J connectivity index is 1.66. The molecule has 0 aliphatic heterocycles. The molecule has 1 aromatic heterocycles. The largest absolute Gasteiger partial charge is 0.293 e. The van der Waals surface area contributed by atoms with Crippen molar-refractivity contribution in [1.82, 2.24) is 15.2 Å². The van der Waals surface area contributed by atoms with Crippen molar-refractivity contribution in [2.75, 3.05) is 5.32 Å². The maximum Gasteiger partial charge on any atom is 0.248 e. The number of anilines is 1. The average Bonchev–Trinajstić information content (AvgIpc) is 2.83. The number of carbonyl (C=O) groups excluding carboxylic acids is 1. The lowest BCUT2D eigenvalue weighted by Crippen LogP contribution is -2.16. The molecule has 0 bridgehead atoms. The second-order valence-corrected chi connectivity index (χ2v) is 5.28. The van der Waals surface area contributed by atoms with Gasteiger partial charge in [-0.3, -0.25) is 15.2 Å². The maximum atomic E-state index is 12.0. The van der Waals surface area contributed by atoms with Crippen LogP contribution in [0.4, 0.5) is 5.95 Å². The number of benzene rings is 1. The molecule has 20 heavy (non-hydrogen) atoms. The second kappa shape index (κ2) is 5.45. The third-order valence-electron chi connectivity index (χ3n) is 3.63. The van der Waals surface area contributed by atoms with Gasteiger partial charge in [0.15, 0.2) is 0 Å². The van der Waals surface area contributed by atoms with Gasteiger partial charge in [-0.15, -0.1) is 5.10 Å². The predicted octanol–water partition coefficient (Wildman–Crippen LogP) is 2.17. The molecule has 1 aliphatic rings. The molecule has 0 saturated carbocycles. The summed E-state index contributed by atoms with van der Waals surface area (Å²) in [7, 11) is 0. The molecule has 2 aromatic rings. The van der Waals surface area contributed by atoms with Crippen LogP contribution in [0.5, 0.6) is 0 Å². The van der Waals surface area contributed by atoms with E-state index in [1.54, 1.807) is 6.92 Å². The normalized spacial score (nSPS) is 13.8. The van der Waals surface area contributed by atoms with Gasteiger partial charge in [0, 0.05) is 0 Å². The molecule has 0 atom stereocenters. The van der Waals surface area contributed by atoms with E-state index in [0.29, 0.717) is 18.2 Å². The number of aryl methyl sites for hydroxylation is 3. The van der Waals surface area contributed by atoms with E-state index >= 15 is 0 Å². The van der Waals surface area contributed by atoms with E-state index in [1.165, 1.54) is 24.0 Å². The third-order valence-corrected chi connectivity index (χ3v) is 3.63. The number of rotatable bonds is 3. The number of nitrogens with zero attached hydrogens (tertiary/aromatic N) is 2. The van der Waals surface area contributed by atoms with Crippen LogP contribution < -0.4 is 5.32 Å². The first kappa shape index (κ1) is 12.8. The van der Waals surface area contributed by atoms with Crippen molar-refractivity contribution in [3.8, 4) is 0 Å². The number of H-pyrrole nitrogens is 1. The first-order valence-electron chi connectivity index (χ1n) is 7.00. The summed E-state index contributed by atoms with van der Waals surface area (Å²) in [6, 6.07) is 6.37. The number of carbonyl (C=O) groups is 1. The number of aromatic amines is 1. The predicted molar refractivity (Wildman–Crippen MR) is 76.5 cm³/mol. The van der Waals surface area contributed by atoms with Crippen molar-refractivity contribution < 1.29 is 4.79 Å². The van der Waals surface area contributed by atoms with Gasteiger partial charge in [-0.1, -0.05) is 18.2 Å². The molecule has 1 aliphatic carbocycles. The molecular formula is C15H18N4O. The SMILES string of the molecule is Cc1nc(NC(=O)Cc2ccc3c(c2)CCCC3)n[nH]1. The van der Waals surface area contributed by atoms with Crippen LogP contribution in [0.1, 0.15) is 35.4 Å². The van der Waals surface area contributed by atoms with Gasteiger partial charge in [0.25, 0.3) is 0 Å². The molecule has 5 heteroatoms. The lowest BCUT2D eigenvalue weighted by Gasteiger charge is -2.16. The quantitative estimate of drug-likeness (QED) is 0.898. The summed E-state index contributed by atoms with van der Waals surface area (Å²) >= 11 is 0. The molecule has 0 spiro atoms. The van der Waals surface area contributed by atoms with Crippen molar-refractivity contribution in [2.45, 2.75) is 39.0 Å². The number of hydrogen-bond donors (Lipinski definition) is 2. The Morgan fingerprint density at radius 3 is 2.85 bits per heavy atom. The fourth-order valence-corrected chi connectivity index (χ4v) is 2.65. The molecule has 1 amide bonds. The maximum absolute atomic E-state index is 12.0. The molecular weight excluding hydrogens is 252 g/mol. The van der Waals surface area contributed by atoms with E-state index in [1.807, 2.05) is 6.07 Å². The van der Waals surface area contributed by atoms with E-state index in [2.05, 4.69) is 32.6 Å². The van der Waals surface area contributed by atoms with Crippen molar-refractivity contribution in [3.63, 3.8) is 0 Å². The summed E-state index contributed by atoms with van der Waals surface area (Å²) in [4.78, 5) is 16.0. The Bertz CT molecular complexity index is 633. The first-order valence-corrected chi connectivity index (χ1v) is 7.00. The van der Waals surface area contributed by atoms with Crippen LogP contribution in [0, 0.1) is 6.92 Å². The molecule has 1 aromatic carbocycles. The lowest BCUT2D eigenvalue weighted by atomic mass is 9.90. The summed E-state index contributed by atoms with van der Waals surface area (Å²) in [5.74, 6) is 0.944. The topological polar surface area (TPSA) is 70.7 Å². The van der Waals surface area contributed by atoms with Gasteiger partial charge in [0.1, 0.15) is 5.82 Å². The fraction of sp³-hybridized carbons (Fsp3) is 0.400. The minimum atomic E-state index is -0.0836. The van der Waals surface area contributed by atoms with Gasteiger partial charge in [-0.25, -0.2) is 0 Å². The highest BCUT2D eigenvalue weighted by Gasteiger charge is 2.12. The van der Waals surface area contributed by atoms with Gasteiger partial charge in [0.05, 0.1) is 6.42 Å². The number of hydrogen-bond acceptors (Lipinski definition) is 3. The van der Waals surface area contributed by atoms with Gasteiger partial charge >= 0.3 is 0 Å². The van der Waals surface area contributed by atoms with Crippen LogP contribution in [-0.4, -0.2) is 21.1 Å². The van der Waals surface area contributed by atoms with Crippen molar-refractivity contribution >= 4 is 11.9 Å². The Morgan fingerprint density at radius 2 is 2.10 bits per heavy atom. The second-order valence-electron chi connectivity index (χ2n) is 5.28. The van der Waals surface area contributed by atoms with E-state index in [0.717, 1.165) is 18.4 Å². The summed E-state index contributed by atoms with van der Waals surface area (Å²) in [6.45, 7) is 1.80. The van der Waals surface area contributed by atoms with Gasteiger partial charge in [0.2, 0.25) is 11.9 Å². The smallest absolute Gasteiger partial charge is 0.248 e. The summed E-state index contributed by atoms with van der Waals surface area (Å²) < 4.78 is 0. The standard InChI is InChI=1S/C15H18N4O/c1-10-16-15(19-18-10)17-14(20)9-11-6-7-12-4-2-3-5-13(12)8-11/h6-8H,2-5,9H2,1H3,(H2,16,17,18,19,20). The van der Waals surface area contributed by atoms with Crippen LogP contribution in [-0.2, 0) is 24.1 Å². The van der Waals surface area contributed by atoms with Crippen LogP contribution >= 0.6 is 0 Å². The molecule has 5 nitrogen and oxygen atoms in total. The minimum absolute atomic E-state index is 0.0836. The van der Waals surface area contributed by atoms with Gasteiger partial charge in [-0.2, -0.15) is 4.98 Å². The zero-order valence-corrected chi connectivity index (χ0v) is 11.6. The summed E-state index contributed by atoms with van der Waals surface area (Å²) in [5.41, 5.74) is 3.88. The number of amides is 1. The van der Waals surface area contributed by atoms with Gasteiger partial charge < -0.3 is 0 Å². The van der Waals surface area contributed by atoms with E-state index in [4.69, 9.17) is 0 Å². The van der Waals surface area contributed by atoms with E-state index < -0.39 is 0 Å². The highest BCUT2D eigenvalue weighted by atomic mass is 16.1. The summed E-state index contributed by atoms with van der Waals surface area (Å²) in [6.07, 6.45) is 5.18. The highest BCUT2D eigenvalue weighted by Crippen LogP contribution is 2.22. The Morgan fingerprint density at radius 1 is 1.30 bits per heavy atom. The summed E-state index contributed by atoms with van der Waals surface area (Å²) in [5, 5.41) is 9.30. The van der Waals surface area contributed by atoms with Crippen molar-refractivity contribution in [3.05, 3.63) is 40.7 Å². The molecule has 0 radical (unpaired) electrons. The van der Waals surface area contributed by atoms with Crippen LogP contribution in [0.25, 0.3) is 0 Å². The minimum Gasteiger partial charge on any atom is -0.293 e. The van der Waals surface area contributed by atoms with Crippen molar-refractivity contribution in [2.24, 2.45) is 0 Å². The average molecular weight is 270 g/mol. The number of fused-ring (bicyclic) bond motifs is 1. The van der Waals surface area contributed by atoms with Gasteiger partial charge in [-0.05, 0) is 49.3 Å². The lowest BCUT2D eigenvalue weighted by molar-refractivity contribution is -0.115. The highest BCUT2D eigenvalue weighted by molar-refractivity contribution is 5.90.